The second-order valence-corrected chi connectivity index (χ2v) is 3.34. The molecule has 0 aliphatic rings. The number of hydrogen-bond donors (Lipinski definition) is 1. The normalized spacial score (nSPS) is 15.4. The molecule has 1 aromatic rings. The molecule has 0 saturated carbocycles. The second-order valence-electron chi connectivity index (χ2n) is 3.34. The molecule has 0 bridgehead atoms. The maximum absolute atomic E-state index is 9.49. The minimum atomic E-state index is -0.512. The fraction of sp³-hybridized carbons (Fsp3) is 0.778. The summed E-state index contributed by atoms with van der Waals surface area (Å²) in [6.07, 6.45) is 1.99. The predicted octanol–water partition coefficient (Wildman–Crippen LogP) is 0.756. The van der Waals surface area contributed by atoms with E-state index < -0.39 is 6.10 Å². The van der Waals surface area contributed by atoms with E-state index in [0.717, 1.165) is 0 Å². The fourth-order valence-corrected chi connectivity index (χ4v) is 1.10. The average molecular weight is 199 g/mol. The lowest BCUT2D eigenvalue weighted by Gasteiger charge is -2.07. The lowest BCUT2D eigenvalue weighted by atomic mass is 10.2. The Labute approximate surface area is 83.7 Å². The van der Waals surface area contributed by atoms with E-state index in [2.05, 4.69) is 10.3 Å². The molecule has 14 heavy (non-hydrogen) atoms. The summed E-state index contributed by atoms with van der Waals surface area (Å²) in [5.74, 6) is 0. The maximum Gasteiger partial charge on any atom is 0.111 e. The summed E-state index contributed by atoms with van der Waals surface area (Å²) >= 11 is 0. The van der Waals surface area contributed by atoms with Crippen molar-refractivity contribution in [3.05, 3.63) is 11.9 Å². The van der Waals surface area contributed by atoms with E-state index in [9.17, 15) is 5.11 Å². The van der Waals surface area contributed by atoms with Crippen LogP contribution in [0, 0.1) is 0 Å². The van der Waals surface area contributed by atoms with Crippen molar-refractivity contribution in [2.75, 3.05) is 7.11 Å². The minimum absolute atomic E-state index is 0.100. The number of aromatic nitrogens is 3. The van der Waals surface area contributed by atoms with E-state index in [1.165, 1.54) is 0 Å². The van der Waals surface area contributed by atoms with Gasteiger partial charge in [0.05, 0.1) is 24.9 Å². The van der Waals surface area contributed by atoms with Crippen LogP contribution in [0.5, 0.6) is 0 Å². The molecule has 1 N–H and O–H groups in total. The Bertz CT molecular complexity index is 275. The molecule has 0 aromatic carbocycles. The van der Waals surface area contributed by atoms with Gasteiger partial charge in [0, 0.05) is 7.11 Å². The third-order valence-corrected chi connectivity index (χ3v) is 2.13. The lowest BCUT2D eigenvalue weighted by molar-refractivity contribution is 0.0992. The fourth-order valence-electron chi connectivity index (χ4n) is 1.10. The van der Waals surface area contributed by atoms with Crippen molar-refractivity contribution in [3.8, 4) is 0 Å². The van der Waals surface area contributed by atoms with Gasteiger partial charge in [-0.05, 0) is 13.3 Å². The van der Waals surface area contributed by atoms with Crippen LogP contribution in [0.3, 0.4) is 0 Å². The molecule has 0 saturated heterocycles. The SMILES string of the molecule is CCC(O)c1cn(CC(C)OC)nn1. The topological polar surface area (TPSA) is 60.2 Å². The van der Waals surface area contributed by atoms with Crippen LogP contribution in [0.4, 0.5) is 0 Å². The first-order valence-electron chi connectivity index (χ1n) is 4.78. The molecule has 0 aliphatic carbocycles. The first-order chi connectivity index (χ1) is 6.67. The number of ether oxygens (including phenoxy) is 1. The van der Waals surface area contributed by atoms with Crippen LogP contribution in [-0.2, 0) is 11.3 Å². The Morgan fingerprint density at radius 1 is 1.64 bits per heavy atom. The Morgan fingerprint density at radius 2 is 2.36 bits per heavy atom. The third-order valence-electron chi connectivity index (χ3n) is 2.13. The van der Waals surface area contributed by atoms with Crippen molar-refractivity contribution < 1.29 is 9.84 Å². The maximum atomic E-state index is 9.49. The highest BCUT2D eigenvalue weighted by Crippen LogP contribution is 2.11. The number of hydrogen-bond acceptors (Lipinski definition) is 4. The van der Waals surface area contributed by atoms with Crippen LogP contribution < -0.4 is 0 Å². The van der Waals surface area contributed by atoms with Gasteiger partial charge in [0.25, 0.3) is 0 Å². The highest BCUT2D eigenvalue weighted by Gasteiger charge is 2.10. The van der Waals surface area contributed by atoms with Gasteiger partial charge in [-0.2, -0.15) is 0 Å². The zero-order valence-corrected chi connectivity index (χ0v) is 8.84. The molecular formula is C9H17N3O2. The zero-order valence-electron chi connectivity index (χ0n) is 8.84. The summed E-state index contributed by atoms with van der Waals surface area (Å²) < 4.78 is 6.78. The van der Waals surface area contributed by atoms with Crippen LogP contribution in [0.15, 0.2) is 6.20 Å². The largest absolute Gasteiger partial charge is 0.387 e. The van der Waals surface area contributed by atoms with Gasteiger partial charge in [-0.15, -0.1) is 5.10 Å². The van der Waals surface area contributed by atoms with E-state index in [-0.39, 0.29) is 6.10 Å². The van der Waals surface area contributed by atoms with Gasteiger partial charge in [-0.1, -0.05) is 12.1 Å². The summed E-state index contributed by atoms with van der Waals surface area (Å²) in [5, 5.41) is 17.3. The zero-order chi connectivity index (χ0) is 10.6. The van der Waals surface area contributed by atoms with Gasteiger partial charge in [-0.3, -0.25) is 0 Å². The van der Waals surface area contributed by atoms with Crippen LogP contribution >= 0.6 is 0 Å². The molecule has 80 valence electrons. The smallest absolute Gasteiger partial charge is 0.111 e. The first kappa shape index (κ1) is 11.1. The van der Waals surface area contributed by atoms with Crippen LogP contribution in [-0.4, -0.2) is 33.3 Å². The molecule has 0 spiro atoms. The lowest BCUT2D eigenvalue weighted by Crippen LogP contribution is -2.15. The molecule has 2 unspecified atom stereocenters. The number of rotatable bonds is 5. The Morgan fingerprint density at radius 3 is 2.93 bits per heavy atom. The van der Waals surface area contributed by atoms with Gasteiger partial charge in [0.15, 0.2) is 0 Å². The quantitative estimate of drug-likeness (QED) is 0.760. The second kappa shape index (κ2) is 5.07. The van der Waals surface area contributed by atoms with Crippen molar-refractivity contribution in [1.82, 2.24) is 15.0 Å². The van der Waals surface area contributed by atoms with E-state index in [1.807, 2.05) is 13.8 Å². The molecule has 1 rings (SSSR count). The molecule has 1 aromatic heterocycles. The monoisotopic (exact) mass is 199 g/mol. The van der Waals surface area contributed by atoms with E-state index >= 15 is 0 Å². The van der Waals surface area contributed by atoms with Gasteiger partial charge < -0.3 is 9.84 Å². The van der Waals surface area contributed by atoms with Gasteiger partial charge in [0.1, 0.15) is 5.69 Å². The summed E-state index contributed by atoms with van der Waals surface area (Å²) in [5.41, 5.74) is 0.621. The number of aliphatic hydroxyl groups excluding tert-OH is 1. The molecule has 5 heteroatoms. The van der Waals surface area contributed by atoms with Gasteiger partial charge in [0.2, 0.25) is 0 Å². The van der Waals surface area contributed by atoms with E-state index in [1.54, 1.807) is 18.0 Å². The van der Waals surface area contributed by atoms with E-state index in [4.69, 9.17) is 4.74 Å². The summed E-state index contributed by atoms with van der Waals surface area (Å²) in [4.78, 5) is 0. The Hall–Kier alpha value is -0.940. The van der Waals surface area contributed by atoms with Crippen LogP contribution in [0.25, 0.3) is 0 Å². The highest BCUT2D eigenvalue weighted by atomic mass is 16.5. The van der Waals surface area contributed by atoms with Gasteiger partial charge >= 0.3 is 0 Å². The number of aliphatic hydroxyl groups is 1. The number of methoxy groups -OCH3 is 1. The standard InChI is InChI=1S/C9H17N3O2/c1-4-9(13)8-6-12(11-10-8)5-7(2)14-3/h6-7,9,13H,4-5H2,1-3H3. The van der Waals surface area contributed by atoms with Crippen molar-refractivity contribution in [2.24, 2.45) is 0 Å². The molecule has 0 amide bonds. The molecule has 2 atom stereocenters. The van der Waals surface area contributed by atoms with Crippen molar-refractivity contribution in [1.29, 1.82) is 0 Å². The summed E-state index contributed by atoms with van der Waals surface area (Å²) in [6, 6.07) is 0. The molecule has 0 fully saturated rings. The van der Waals surface area contributed by atoms with Gasteiger partial charge in [-0.25, -0.2) is 4.68 Å². The Kier molecular flexibility index (Phi) is 4.03. The van der Waals surface area contributed by atoms with Crippen LogP contribution in [0.2, 0.25) is 0 Å². The molecule has 0 radical (unpaired) electrons. The summed E-state index contributed by atoms with van der Waals surface area (Å²) in [7, 11) is 1.66. The molecular weight excluding hydrogens is 182 g/mol. The minimum Gasteiger partial charge on any atom is -0.387 e. The first-order valence-corrected chi connectivity index (χ1v) is 4.78. The van der Waals surface area contributed by atoms with Crippen molar-refractivity contribution in [2.45, 2.75) is 39.0 Å². The number of nitrogens with zero attached hydrogens (tertiary/aromatic N) is 3. The molecule has 0 aliphatic heterocycles. The summed E-state index contributed by atoms with van der Waals surface area (Å²) in [6.45, 7) is 4.51. The average Bonchev–Trinajstić information content (AvgIpc) is 2.65. The molecule has 1 heterocycles. The highest BCUT2D eigenvalue weighted by molar-refractivity contribution is 4.96. The van der Waals surface area contributed by atoms with E-state index in [0.29, 0.717) is 18.7 Å². The predicted molar refractivity (Wildman–Crippen MR) is 51.7 cm³/mol. The van der Waals surface area contributed by atoms with Crippen LogP contribution in [0.1, 0.15) is 32.1 Å². The van der Waals surface area contributed by atoms with Crippen molar-refractivity contribution in [3.63, 3.8) is 0 Å². The third kappa shape index (κ3) is 2.78. The Balaban J connectivity index is 2.59. The van der Waals surface area contributed by atoms with Crippen molar-refractivity contribution >= 4 is 0 Å². The molecule has 5 nitrogen and oxygen atoms in total.